The largest absolute Gasteiger partial charge is 0.228 e. The topological polar surface area (TPSA) is 12.9 Å². The Morgan fingerprint density at radius 2 is 1.32 bits per heavy atom. The van der Waals surface area contributed by atoms with Gasteiger partial charge in [0.2, 0.25) is 5.95 Å². The van der Waals surface area contributed by atoms with Gasteiger partial charge < -0.3 is 0 Å². The third-order valence-electron chi connectivity index (χ3n) is 3.39. The van der Waals surface area contributed by atoms with E-state index in [0.717, 1.165) is 5.56 Å². The van der Waals surface area contributed by atoms with Crippen molar-refractivity contribution < 1.29 is 13.2 Å². The predicted octanol–water partition coefficient (Wildman–Crippen LogP) is 5.74. The lowest BCUT2D eigenvalue weighted by Crippen LogP contribution is -1.94. The summed E-state index contributed by atoms with van der Waals surface area (Å²) in [5, 5.41) is 0. The third-order valence-corrected chi connectivity index (χ3v) is 3.39. The smallest absolute Gasteiger partial charge is 0.213 e. The molecule has 0 bridgehead atoms. The van der Waals surface area contributed by atoms with Gasteiger partial charge in [0, 0.05) is 11.8 Å². The van der Waals surface area contributed by atoms with Gasteiger partial charge in [0.1, 0.15) is 11.6 Å². The molecule has 0 amide bonds. The van der Waals surface area contributed by atoms with Gasteiger partial charge in [-0.3, -0.25) is 0 Å². The van der Waals surface area contributed by atoms with E-state index in [-0.39, 0.29) is 11.5 Å². The molecular weight excluding hydrogens is 287 g/mol. The van der Waals surface area contributed by atoms with E-state index >= 15 is 0 Å². The minimum atomic E-state index is -0.460. The molecule has 0 aliphatic rings. The van der Waals surface area contributed by atoms with Gasteiger partial charge in [-0.05, 0) is 54.2 Å². The molecule has 2 rings (SSSR count). The molecule has 1 aromatic carbocycles. The molecule has 120 valence electrons. The Morgan fingerprint density at radius 3 is 1.68 bits per heavy atom. The lowest BCUT2D eigenvalue weighted by molar-refractivity contribution is 0.562. The van der Waals surface area contributed by atoms with Crippen molar-refractivity contribution in [2.75, 3.05) is 0 Å². The summed E-state index contributed by atoms with van der Waals surface area (Å²) in [5.74, 6) is -0.782. The zero-order valence-electron chi connectivity index (χ0n) is 13.6. The molecule has 22 heavy (non-hydrogen) atoms. The van der Waals surface area contributed by atoms with Crippen LogP contribution in [0.2, 0.25) is 0 Å². The number of nitrogens with zero attached hydrogens (tertiary/aromatic N) is 1. The standard InChI is InChI=1S/C10H12F2.C8H10FN/c1-6(2)8-4-9(11)7(3)10(12)5-8;1-6(2)7-3-4-10-8(9)5-7/h4-6H,1-3H3;3-6H,1-2H3. The number of aromatic nitrogens is 1. The SMILES string of the molecule is CC(C)c1ccnc(F)c1.Cc1c(F)cc(C(C)C)cc1F. The molecule has 0 unspecified atom stereocenters. The number of hydrogen-bond donors (Lipinski definition) is 0. The zero-order chi connectivity index (χ0) is 16.9. The molecule has 2 aromatic rings. The van der Waals surface area contributed by atoms with Gasteiger partial charge in [0.15, 0.2) is 0 Å². The van der Waals surface area contributed by atoms with Crippen molar-refractivity contribution in [2.45, 2.75) is 46.5 Å². The molecular formula is C18H22F3N. The van der Waals surface area contributed by atoms with Crippen LogP contribution in [0.4, 0.5) is 13.2 Å². The Morgan fingerprint density at radius 1 is 0.818 bits per heavy atom. The molecule has 0 radical (unpaired) electrons. The fourth-order valence-electron chi connectivity index (χ4n) is 1.77. The van der Waals surface area contributed by atoms with Crippen LogP contribution < -0.4 is 0 Å². The summed E-state index contributed by atoms with van der Waals surface area (Å²) in [6.07, 6.45) is 1.49. The molecule has 0 saturated carbocycles. The minimum absolute atomic E-state index is 0.0967. The number of pyridine rings is 1. The van der Waals surface area contributed by atoms with Crippen molar-refractivity contribution in [3.63, 3.8) is 0 Å². The number of rotatable bonds is 2. The van der Waals surface area contributed by atoms with E-state index in [1.807, 2.05) is 33.8 Å². The second kappa shape index (κ2) is 7.97. The molecule has 0 atom stereocenters. The van der Waals surface area contributed by atoms with Gasteiger partial charge in [-0.2, -0.15) is 4.39 Å². The fourth-order valence-corrected chi connectivity index (χ4v) is 1.77. The summed E-state index contributed by atoms with van der Waals surface area (Å²) < 4.78 is 38.3. The van der Waals surface area contributed by atoms with Crippen molar-refractivity contribution in [3.8, 4) is 0 Å². The van der Waals surface area contributed by atoms with Crippen LogP contribution in [-0.2, 0) is 0 Å². The van der Waals surface area contributed by atoms with Crippen LogP contribution in [0.5, 0.6) is 0 Å². The fraction of sp³-hybridized carbons (Fsp3) is 0.389. The lowest BCUT2D eigenvalue weighted by atomic mass is 10.0. The zero-order valence-corrected chi connectivity index (χ0v) is 13.6. The monoisotopic (exact) mass is 309 g/mol. The normalized spacial score (nSPS) is 10.6. The van der Waals surface area contributed by atoms with Crippen LogP contribution in [0.3, 0.4) is 0 Å². The predicted molar refractivity (Wildman–Crippen MR) is 83.5 cm³/mol. The van der Waals surface area contributed by atoms with Gasteiger partial charge in [-0.1, -0.05) is 27.7 Å². The van der Waals surface area contributed by atoms with Gasteiger partial charge >= 0.3 is 0 Å². The van der Waals surface area contributed by atoms with Crippen LogP contribution >= 0.6 is 0 Å². The summed E-state index contributed by atoms with van der Waals surface area (Å²) in [7, 11) is 0. The van der Waals surface area contributed by atoms with Crippen molar-refractivity contribution in [2.24, 2.45) is 0 Å². The Bertz CT molecular complexity index is 598. The number of halogens is 3. The second-order valence-corrected chi connectivity index (χ2v) is 5.83. The molecule has 0 aliphatic heterocycles. The Hall–Kier alpha value is -1.84. The molecule has 0 spiro atoms. The van der Waals surface area contributed by atoms with E-state index in [9.17, 15) is 13.2 Å². The average molecular weight is 309 g/mol. The van der Waals surface area contributed by atoms with E-state index in [2.05, 4.69) is 4.98 Å². The van der Waals surface area contributed by atoms with E-state index in [1.165, 1.54) is 31.3 Å². The van der Waals surface area contributed by atoms with E-state index < -0.39 is 17.6 Å². The maximum atomic E-state index is 13.0. The summed E-state index contributed by atoms with van der Waals surface area (Å²) in [6.45, 7) is 9.30. The van der Waals surface area contributed by atoms with Gasteiger partial charge in [0.05, 0.1) is 0 Å². The van der Waals surface area contributed by atoms with Crippen LogP contribution in [0.15, 0.2) is 30.5 Å². The van der Waals surface area contributed by atoms with Crippen molar-refractivity contribution in [1.29, 1.82) is 0 Å². The maximum absolute atomic E-state index is 13.0. The van der Waals surface area contributed by atoms with Crippen LogP contribution in [0, 0.1) is 24.5 Å². The first kappa shape index (κ1) is 18.2. The first-order valence-electron chi connectivity index (χ1n) is 7.29. The quantitative estimate of drug-likeness (QED) is 0.644. The summed E-state index contributed by atoms with van der Waals surface area (Å²) in [5.41, 5.74) is 1.79. The summed E-state index contributed by atoms with van der Waals surface area (Å²) in [6, 6.07) is 6.07. The molecule has 1 aromatic heterocycles. The Balaban J connectivity index is 0.000000224. The van der Waals surface area contributed by atoms with Crippen LogP contribution in [-0.4, -0.2) is 4.98 Å². The highest BCUT2D eigenvalue weighted by molar-refractivity contribution is 5.27. The lowest BCUT2D eigenvalue weighted by Gasteiger charge is -2.07. The van der Waals surface area contributed by atoms with E-state index in [0.29, 0.717) is 11.5 Å². The average Bonchev–Trinajstić information content (AvgIpc) is 2.44. The first-order valence-corrected chi connectivity index (χ1v) is 7.29. The highest BCUT2D eigenvalue weighted by atomic mass is 19.1. The third kappa shape index (κ3) is 5.17. The van der Waals surface area contributed by atoms with Crippen molar-refractivity contribution >= 4 is 0 Å². The molecule has 0 aliphatic carbocycles. The molecule has 0 fully saturated rings. The highest BCUT2D eigenvalue weighted by Gasteiger charge is 2.08. The highest BCUT2D eigenvalue weighted by Crippen LogP contribution is 2.20. The van der Waals surface area contributed by atoms with Crippen molar-refractivity contribution in [1.82, 2.24) is 4.98 Å². The van der Waals surface area contributed by atoms with Crippen LogP contribution in [0.25, 0.3) is 0 Å². The molecule has 1 heterocycles. The number of hydrogen-bond acceptors (Lipinski definition) is 1. The molecule has 0 N–H and O–H groups in total. The Kier molecular flexibility index (Phi) is 6.60. The summed E-state index contributed by atoms with van der Waals surface area (Å²) in [4.78, 5) is 3.46. The minimum Gasteiger partial charge on any atom is -0.228 e. The van der Waals surface area contributed by atoms with Crippen LogP contribution in [0.1, 0.15) is 56.2 Å². The first-order chi connectivity index (χ1) is 10.2. The van der Waals surface area contributed by atoms with E-state index in [4.69, 9.17) is 0 Å². The maximum Gasteiger partial charge on any atom is 0.213 e. The number of benzene rings is 1. The second-order valence-electron chi connectivity index (χ2n) is 5.83. The summed E-state index contributed by atoms with van der Waals surface area (Å²) >= 11 is 0. The van der Waals surface area contributed by atoms with Gasteiger partial charge in [0.25, 0.3) is 0 Å². The molecule has 1 nitrogen and oxygen atoms in total. The molecule has 4 heteroatoms. The van der Waals surface area contributed by atoms with E-state index in [1.54, 1.807) is 0 Å². The van der Waals surface area contributed by atoms with Gasteiger partial charge in [-0.15, -0.1) is 0 Å². The van der Waals surface area contributed by atoms with Gasteiger partial charge in [-0.25, -0.2) is 13.8 Å². The Labute approximate surface area is 130 Å². The van der Waals surface area contributed by atoms with Crippen molar-refractivity contribution in [3.05, 3.63) is 64.7 Å². The molecule has 0 saturated heterocycles.